The summed E-state index contributed by atoms with van der Waals surface area (Å²) in [7, 11) is 0. The van der Waals surface area contributed by atoms with Gasteiger partial charge < -0.3 is 5.32 Å². The van der Waals surface area contributed by atoms with Gasteiger partial charge in [-0.05, 0) is 42.5 Å². The van der Waals surface area contributed by atoms with Crippen LogP contribution in [0.2, 0.25) is 0 Å². The number of amides is 1. The third-order valence-corrected chi connectivity index (χ3v) is 4.98. The molecule has 0 saturated carbocycles. The second kappa shape index (κ2) is 8.52. The molecule has 5 nitrogen and oxygen atoms in total. The Hall–Kier alpha value is -3.79. The SMILES string of the molecule is O=C(Nc1nc(-c2cc(F)c(F)c(F)c2F)cs1)c1ccc(Nc2ccncc2)cc1. The number of pyridine rings is 1. The molecule has 2 N–H and O–H groups in total. The standard InChI is InChI=1S/C21H12F4N4OS/c22-15-9-14(17(23)19(25)18(15)24)16-10-31-21(28-16)29-20(30)11-1-3-12(4-2-11)27-13-5-7-26-8-6-13/h1-10H,(H,26,27)(H,28,29,30). The van der Waals surface area contributed by atoms with Crippen LogP contribution in [0.15, 0.2) is 60.2 Å². The lowest BCUT2D eigenvalue weighted by molar-refractivity contribution is 0.102. The minimum atomic E-state index is -1.92. The van der Waals surface area contributed by atoms with E-state index in [0.29, 0.717) is 11.6 Å². The number of nitrogens with one attached hydrogen (secondary N) is 2. The van der Waals surface area contributed by atoms with Crippen LogP contribution >= 0.6 is 11.3 Å². The summed E-state index contributed by atoms with van der Waals surface area (Å²) in [5.41, 5.74) is 1.26. The van der Waals surface area contributed by atoms with E-state index in [1.165, 1.54) is 5.38 Å². The summed E-state index contributed by atoms with van der Waals surface area (Å²) in [4.78, 5) is 20.3. The highest BCUT2D eigenvalue weighted by molar-refractivity contribution is 7.14. The van der Waals surface area contributed by atoms with E-state index >= 15 is 0 Å². The van der Waals surface area contributed by atoms with Crippen molar-refractivity contribution >= 4 is 33.8 Å². The van der Waals surface area contributed by atoms with Crippen LogP contribution in [-0.4, -0.2) is 15.9 Å². The molecule has 0 aliphatic heterocycles. The van der Waals surface area contributed by atoms with Crippen molar-refractivity contribution in [2.75, 3.05) is 10.6 Å². The number of carbonyl (C=O) groups is 1. The van der Waals surface area contributed by atoms with Crippen molar-refractivity contribution in [2.24, 2.45) is 0 Å². The summed E-state index contributed by atoms with van der Waals surface area (Å²) in [5, 5.41) is 7.07. The Balaban J connectivity index is 1.47. The van der Waals surface area contributed by atoms with Crippen molar-refractivity contribution in [3.63, 3.8) is 0 Å². The first-order valence-electron chi connectivity index (χ1n) is 8.79. The monoisotopic (exact) mass is 444 g/mol. The molecule has 4 rings (SSSR count). The maximum Gasteiger partial charge on any atom is 0.257 e. The molecule has 0 aliphatic carbocycles. The number of hydrogen-bond donors (Lipinski definition) is 2. The molecule has 2 aromatic carbocycles. The maximum atomic E-state index is 13.9. The third kappa shape index (κ3) is 4.38. The van der Waals surface area contributed by atoms with Gasteiger partial charge in [-0.3, -0.25) is 15.1 Å². The summed E-state index contributed by atoms with van der Waals surface area (Å²) in [6.45, 7) is 0. The first-order chi connectivity index (χ1) is 14.9. The van der Waals surface area contributed by atoms with E-state index in [4.69, 9.17) is 0 Å². The minimum Gasteiger partial charge on any atom is -0.355 e. The number of hydrogen-bond acceptors (Lipinski definition) is 5. The van der Waals surface area contributed by atoms with Crippen molar-refractivity contribution in [1.82, 2.24) is 9.97 Å². The zero-order valence-electron chi connectivity index (χ0n) is 15.5. The fraction of sp³-hybridized carbons (Fsp3) is 0. The van der Waals surface area contributed by atoms with Crippen LogP contribution in [-0.2, 0) is 0 Å². The number of carbonyl (C=O) groups excluding carboxylic acids is 1. The fourth-order valence-electron chi connectivity index (χ4n) is 2.69. The van der Waals surface area contributed by atoms with Gasteiger partial charge in [0.15, 0.2) is 28.4 Å². The number of thiazole rings is 1. The highest BCUT2D eigenvalue weighted by atomic mass is 32.1. The molecular formula is C21H12F4N4OS. The van der Waals surface area contributed by atoms with Crippen LogP contribution in [0.1, 0.15) is 10.4 Å². The average molecular weight is 444 g/mol. The lowest BCUT2D eigenvalue weighted by atomic mass is 10.1. The molecule has 0 atom stereocenters. The Morgan fingerprint density at radius 1 is 0.871 bits per heavy atom. The Labute approximate surface area is 177 Å². The third-order valence-electron chi connectivity index (χ3n) is 4.22. The van der Waals surface area contributed by atoms with Gasteiger partial charge in [-0.1, -0.05) is 0 Å². The van der Waals surface area contributed by atoms with Crippen LogP contribution in [0.3, 0.4) is 0 Å². The lowest BCUT2D eigenvalue weighted by Crippen LogP contribution is -2.11. The van der Waals surface area contributed by atoms with Gasteiger partial charge >= 0.3 is 0 Å². The molecule has 2 aromatic heterocycles. The Kier molecular flexibility index (Phi) is 5.63. The van der Waals surface area contributed by atoms with E-state index in [1.54, 1.807) is 48.8 Å². The van der Waals surface area contributed by atoms with E-state index < -0.39 is 34.7 Å². The van der Waals surface area contributed by atoms with E-state index in [1.807, 2.05) is 0 Å². The van der Waals surface area contributed by atoms with E-state index in [2.05, 4.69) is 20.6 Å². The summed E-state index contributed by atoms with van der Waals surface area (Å²) in [6.07, 6.45) is 3.29. The second-order valence-corrected chi connectivity index (χ2v) is 7.14. The summed E-state index contributed by atoms with van der Waals surface area (Å²) >= 11 is 0.930. The predicted molar refractivity (Wildman–Crippen MR) is 109 cm³/mol. The molecule has 0 unspecified atom stereocenters. The van der Waals surface area contributed by atoms with Gasteiger partial charge in [0.1, 0.15) is 0 Å². The van der Waals surface area contributed by atoms with Gasteiger partial charge in [0.25, 0.3) is 5.91 Å². The number of benzene rings is 2. The molecule has 0 aliphatic rings. The van der Waals surface area contributed by atoms with E-state index in [0.717, 1.165) is 22.7 Å². The molecule has 156 valence electrons. The van der Waals surface area contributed by atoms with E-state index in [-0.39, 0.29) is 10.8 Å². The molecule has 31 heavy (non-hydrogen) atoms. The summed E-state index contributed by atoms with van der Waals surface area (Å²) < 4.78 is 54.0. The molecule has 0 spiro atoms. The number of anilines is 3. The molecule has 1 amide bonds. The molecule has 0 radical (unpaired) electrons. The van der Waals surface area contributed by atoms with Crippen molar-refractivity contribution in [3.05, 3.63) is 89.1 Å². The Bertz CT molecular complexity index is 1250. The summed E-state index contributed by atoms with van der Waals surface area (Å²) in [5.74, 6) is -7.39. The van der Waals surface area contributed by atoms with Crippen molar-refractivity contribution < 1.29 is 22.4 Å². The highest BCUT2D eigenvalue weighted by Crippen LogP contribution is 2.30. The average Bonchev–Trinajstić information content (AvgIpc) is 3.24. The molecule has 0 bridgehead atoms. The molecule has 10 heteroatoms. The highest BCUT2D eigenvalue weighted by Gasteiger charge is 2.21. The normalized spacial score (nSPS) is 10.7. The zero-order chi connectivity index (χ0) is 22.0. The van der Waals surface area contributed by atoms with Crippen molar-refractivity contribution in [3.8, 4) is 11.3 Å². The largest absolute Gasteiger partial charge is 0.355 e. The second-order valence-electron chi connectivity index (χ2n) is 6.28. The van der Waals surface area contributed by atoms with Gasteiger partial charge in [-0.15, -0.1) is 11.3 Å². The molecule has 0 fully saturated rings. The van der Waals surface area contributed by atoms with E-state index in [9.17, 15) is 22.4 Å². The Morgan fingerprint density at radius 3 is 2.26 bits per heavy atom. The predicted octanol–water partition coefficient (Wildman–Crippen LogP) is 5.76. The maximum absolute atomic E-state index is 13.9. The van der Waals surface area contributed by atoms with Crippen molar-refractivity contribution in [2.45, 2.75) is 0 Å². The van der Waals surface area contributed by atoms with Crippen LogP contribution < -0.4 is 10.6 Å². The zero-order valence-corrected chi connectivity index (χ0v) is 16.3. The van der Waals surface area contributed by atoms with Crippen LogP contribution in [0.25, 0.3) is 11.3 Å². The number of halogens is 4. The number of aromatic nitrogens is 2. The van der Waals surface area contributed by atoms with Gasteiger partial charge in [-0.25, -0.2) is 22.5 Å². The van der Waals surface area contributed by atoms with Gasteiger partial charge in [-0.2, -0.15) is 0 Å². The topological polar surface area (TPSA) is 66.9 Å². The number of nitrogens with zero attached hydrogens (tertiary/aromatic N) is 2. The molecule has 4 aromatic rings. The lowest BCUT2D eigenvalue weighted by Gasteiger charge is -2.07. The Morgan fingerprint density at radius 2 is 1.55 bits per heavy atom. The molecule has 2 heterocycles. The minimum absolute atomic E-state index is 0.0866. The smallest absolute Gasteiger partial charge is 0.257 e. The van der Waals surface area contributed by atoms with Crippen LogP contribution in [0.4, 0.5) is 34.1 Å². The quantitative estimate of drug-likeness (QED) is 0.233. The first kappa shape index (κ1) is 20.5. The van der Waals surface area contributed by atoms with Gasteiger partial charge in [0, 0.05) is 40.3 Å². The first-order valence-corrected chi connectivity index (χ1v) is 9.67. The fourth-order valence-corrected chi connectivity index (χ4v) is 3.40. The number of rotatable bonds is 5. The van der Waals surface area contributed by atoms with Crippen molar-refractivity contribution in [1.29, 1.82) is 0 Å². The van der Waals surface area contributed by atoms with Crippen LogP contribution in [0, 0.1) is 23.3 Å². The van der Waals surface area contributed by atoms with Crippen LogP contribution in [0.5, 0.6) is 0 Å². The van der Waals surface area contributed by atoms with Gasteiger partial charge in [0.05, 0.1) is 5.69 Å². The van der Waals surface area contributed by atoms with Gasteiger partial charge in [0.2, 0.25) is 0 Å². The summed E-state index contributed by atoms with van der Waals surface area (Å²) in [6, 6.07) is 10.7. The molecular weight excluding hydrogens is 432 g/mol. The molecule has 0 saturated heterocycles.